The molecule has 1 aromatic rings. The third kappa shape index (κ3) is 2.22. The minimum Gasteiger partial charge on any atom is -0.504 e. The van der Waals surface area contributed by atoms with E-state index in [2.05, 4.69) is 0 Å². The number of rotatable bonds is 4. The topological polar surface area (TPSA) is 69.9 Å². The molecule has 4 heteroatoms. The van der Waals surface area contributed by atoms with Crippen molar-refractivity contribution in [3.05, 3.63) is 23.3 Å². The van der Waals surface area contributed by atoms with Crippen LogP contribution in [0.5, 0.6) is 11.5 Å². The molecule has 1 unspecified atom stereocenters. The Morgan fingerprint density at radius 3 is 2.53 bits per heavy atom. The van der Waals surface area contributed by atoms with Gasteiger partial charge in [0.05, 0.1) is 13.7 Å². The highest BCUT2D eigenvalue weighted by atomic mass is 16.5. The van der Waals surface area contributed by atoms with Gasteiger partial charge in [0.15, 0.2) is 11.5 Å². The molecule has 0 heterocycles. The summed E-state index contributed by atoms with van der Waals surface area (Å²) in [7, 11) is 1.46. The Morgan fingerprint density at radius 2 is 2.07 bits per heavy atom. The maximum absolute atomic E-state index is 9.56. The summed E-state index contributed by atoms with van der Waals surface area (Å²) in [5.74, 6) is 0.408. The normalized spacial score (nSPS) is 12.5. The van der Waals surface area contributed by atoms with E-state index in [1.54, 1.807) is 6.07 Å². The van der Waals surface area contributed by atoms with E-state index in [0.29, 0.717) is 17.7 Å². The number of methoxy groups -OCH3 is 1. The van der Waals surface area contributed by atoms with Crippen LogP contribution in [0.25, 0.3) is 0 Å². The molecular weight excluding hydrogens is 196 g/mol. The Labute approximate surface area is 88.8 Å². The molecule has 0 saturated carbocycles. The molecule has 0 radical (unpaired) electrons. The largest absolute Gasteiger partial charge is 0.504 e. The van der Waals surface area contributed by atoms with Gasteiger partial charge in [-0.1, -0.05) is 13.0 Å². The van der Waals surface area contributed by atoms with Crippen molar-refractivity contribution in [1.29, 1.82) is 0 Å². The van der Waals surface area contributed by atoms with Crippen LogP contribution in [0.15, 0.2) is 12.1 Å². The van der Waals surface area contributed by atoms with Crippen LogP contribution in [0.2, 0.25) is 0 Å². The molecule has 4 nitrogen and oxygen atoms in total. The lowest BCUT2D eigenvalue weighted by Gasteiger charge is -2.16. The fourth-order valence-electron chi connectivity index (χ4n) is 1.63. The van der Waals surface area contributed by atoms with E-state index < -0.39 is 6.10 Å². The Hall–Kier alpha value is -1.26. The molecular formula is C11H16O4. The second kappa shape index (κ2) is 5.00. The Morgan fingerprint density at radius 1 is 1.40 bits per heavy atom. The number of phenolic OH excluding ortho intramolecular Hbond substituents is 1. The molecule has 84 valence electrons. The Bertz CT molecular complexity index is 336. The molecule has 0 fully saturated rings. The molecule has 0 aliphatic heterocycles. The number of ether oxygens (including phenoxy) is 1. The van der Waals surface area contributed by atoms with Crippen LogP contribution < -0.4 is 4.74 Å². The smallest absolute Gasteiger partial charge is 0.164 e. The summed E-state index contributed by atoms with van der Waals surface area (Å²) in [4.78, 5) is 0. The van der Waals surface area contributed by atoms with Crippen LogP contribution >= 0.6 is 0 Å². The zero-order valence-electron chi connectivity index (χ0n) is 8.90. The summed E-state index contributed by atoms with van der Waals surface area (Å²) in [6, 6.07) is 3.05. The lowest BCUT2D eigenvalue weighted by Crippen LogP contribution is -2.07. The van der Waals surface area contributed by atoms with Gasteiger partial charge < -0.3 is 20.1 Å². The number of hydrogen-bond acceptors (Lipinski definition) is 4. The highest BCUT2D eigenvalue weighted by Gasteiger charge is 2.16. The van der Waals surface area contributed by atoms with Crippen molar-refractivity contribution in [2.45, 2.75) is 19.4 Å². The first kappa shape index (κ1) is 11.8. The number of aliphatic hydroxyl groups is 2. The van der Waals surface area contributed by atoms with Gasteiger partial charge in [-0.2, -0.15) is 0 Å². The van der Waals surface area contributed by atoms with Crippen molar-refractivity contribution >= 4 is 0 Å². The molecule has 0 aliphatic carbocycles. The first-order valence-electron chi connectivity index (χ1n) is 4.83. The second-order valence-corrected chi connectivity index (χ2v) is 3.24. The summed E-state index contributed by atoms with van der Waals surface area (Å²) < 4.78 is 5.06. The van der Waals surface area contributed by atoms with Crippen molar-refractivity contribution in [1.82, 2.24) is 0 Å². The monoisotopic (exact) mass is 212 g/mol. The molecule has 0 aromatic heterocycles. The van der Waals surface area contributed by atoms with Gasteiger partial charge in [-0.25, -0.2) is 0 Å². The summed E-state index contributed by atoms with van der Waals surface area (Å²) in [6.07, 6.45) is -0.321. The zero-order chi connectivity index (χ0) is 11.4. The lowest BCUT2D eigenvalue weighted by atomic mass is 9.99. The maximum Gasteiger partial charge on any atom is 0.164 e. The summed E-state index contributed by atoms with van der Waals surface area (Å²) >= 11 is 0. The van der Waals surface area contributed by atoms with Crippen molar-refractivity contribution in [2.24, 2.45) is 0 Å². The molecule has 0 saturated heterocycles. The third-order valence-corrected chi connectivity index (χ3v) is 2.37. The standard InChI is InChI=1S/C11H16O4/c1-3-7-8(10(14)6-12)4-5-9(13)11(7)15-2/h4-5,10,12-14H,3,6H2,1-2H3. The number of hydrogen-bond donors (Lipinski definition) is 3. The van der Waals surface area contributed by atoms with E-state index in [-0.39, 0.29) is 12.4 Å². The molecule has 1 atom stereocenters. The highest BCUT2D eigenvalue weighted by Crippen LogP contribution is 2.35. The van der Waals surface area contributed by atoms with E-state index in [1.807, 2.05) is 6.92 Å². The zero-order valence-corrected chi connectivity index (χ0v) is 8.90. The number of aliphatic hydroxyl groups excluding tert-OH is 2. The molecule has 0 aliphatic rings. The van der Waals surface area contributed by atoms with Gasteiger partial charge >= 0.3 is 0 Å². The van der Waals surface area contributed by atoms with Crippen LogP contribution in [-0.2, 0) is 6.42 Å². The number of aromatic hydroxyl groups is 1. The van der Waals surface area contributed by atoms with E-state index in [9.17, 15) is 10.2 Å². The van der Waals surface area contributed by atoms with Crippen LogP contribution in [0.4, 0.5) is 0 Å². The Kier molecular flexibility index (Phi) is 3.94. The van der Waals surface area contributed by atoms with Crippen LogP contribution in [0.3, 0.4) is 0 Å². The SMILES string of the molecule is CCc1c(C(O)CO)ccc(O)c1OC. The predicted molar refractivity (Wildman–Crippen MR) is 56.1 cm³/mol. The molecule has 1 aromatic carbocycles. The number of phenols is 1. The molecule has 0 spiro atoms. The molecule has 3 N–H and O–H groups in total. The van der Waals surface area contributed by atoms with Crippen molar-refractivity contribution in [2.75, 3.05) is 13.7 Å². The maximum atomic E-state index is 9.56. The average molecular weight is 212 g/mol. The van der Waals surface area contributed by atoms with E-state index in [1.165, 1.54) is 13.2 Å². The highest BCUT2D eigenvalue weighted by molar-refractivity contribution is 5.50. The van der Waals surface area contributed by atoms with Crippen molar-refractivity contribution < 1.29 is 20.1 Å². The first-order chi connectivity index (χ1) is 7.15. The average Bonchev–Trinajstić information content (AvgIpc) is 2.27. The molecule has 1 rings (SSSR count). The van der Waals surface area contributed by atoms with E-state index >= 15 is 0 Å². The minimum absolute atomic E-state index is 0.0447. The van der Waals surface area contributed by atoms with Gasteiger partial charge in [-0.05, 0) is 18.1 Å². The summed E-state index contributed by atoms with van der Waals surface area (Å²) in [5.41, 5.74) is 1.31. The lowest BCUT2D eigenvalue weighted by molar-refractivity contribution is 0.0946. The molecule has 0 bridgehead atoms. The molecule has 0 amide bonds. The van der Waals surface area contributed by atoms with Gasteiger partial charge in [0.25, 0.3) is 0 Å². The van der Waals surface area contributed by atoms with E-state index in [4.69, 9.17) is 9.84 Å². The fraction of sp³-hybridized carbons (Fsp3) is 0.455. The number of benzene rings is 1. The van der Waals surface area contributed by atoms with Gasteiger partial charge in [-0.15, -0.1) is 0 Å². The second-order valence-electron chi connectivity index (χ2n) is 3.24. The van der Waals surface area contributed by atoms with Crippen molar-refractivity contribution in [3.63, 3.8) is 0 Å². The van der Waals surface area contributed by atoms with Crippen LogP contribution in [0, 0.1) is 0 Å². The fourth-order valence-corrected chi connectivity index (χ4v) is 1.63. The summed E-state index contributed by atoms with van der Waals surface area (Å²) in [5, 5.41) is 28.0. The van der Waals surface area contributed by atoms with Gasteiger partial charge in [0.1, 0.15) is 6.10 Å². The summed E-state index contributed by atoms with van der Waals surface area (Å²) in [6.45, 7) is 1.55. The predicted octanol–water partition coefficient (Wildman–Crippen LogP) is 0.989. The van der Waals surface area contributed by atoms with E-state index in [0.717, 1.165) is 5.56 Å². The minimum atomic E-state index is -0.936. The van der Waals surface area contributed by atoms with Gasteiger partial charge in [0.2, 0.25) is 0 Å². The van der Waals surface area contributed by atoms with Crippen LogP contribution in [0.1, 0.15) is 24.2 Å². The third-order valence-electron chi connectivity index (χ3n) is 2.37. The Balaban J connectivity index is 3.28. The quantitative estimate of drug-likeness (QED) is 0.696. The van der Waals surface area contributed by atoms with Crippen LogP contribution in [-0.4, -0.2) is 29.0 Å². The first-order valence-corrected chi connectivity index (χ1v) is 4.83. The van der Waals surface area contributed by atoms with Gasteiger partial charge in [0, 0.05) is 5.56 Å². The molecule has 15 heavy (non-hydrogen) atoms. The van der Waals surface area contributed by atoms with Crippen molar-refractivity contribution in [3.8, 4) is 11.5 Å². The van der Waals surface area contributed by atoms with Gasteiger partial charge in [-0.3, -0.25) is 0 Å².